The highest BCUT2D eigenvalue weighted by molar-refractivity contribution is 5.80. The predicted octanol–water partition coefficient (Wildman–Crippen LogP) is 6.74. The topological polar surface area (TPSA) is 156 Å². The van der Waals surface area contributed by atoms with Crippen LogP contribution in [-0.4, -0.2) is 34.1 Å². The average molecular weight is 705 g/mol. The molecule has 0 unspecified atom stereocenters. The van der Waals surface area contributed by atoms with Crippen molar-refractivity contribution < 1.29 is 64.7 Å². The van der Waals surface area contributed by atoms with E-state index in [1.807, 2.05) is 0 Å². The van der Waals surface area contributed by atoms with Crippen molar-refractivity contribution in [2.24, 2.45) is 10.3 Å². The van der Waals surface area contributed by atoms with Gasteiger partial charge in [0.25, 0.3) is 0 Å². The van der Waals surface area contributed by atoms with Crippen LogP contribution in [0, 0.1) is 0 Å². The van der Waals surface area contributed by atoms with Gasteiger partial charge in [0.1, 0.15) is 11.5 Å². The number of hydrogen-bond acceptors (Lipinski definition) is 12. The van der Waals surface area contributed by atoms with Crippen LogP contribution in [0.25, 0.3) is 0 Å². The van der Waals surface area contributed by atoms with E-state index < -0.39 is 35.7 Å². The summed E-state index contributed by atoms with van der Waals surface area (Å²) in [7, 11) is 0. The molecule has 6 rings (SSSR count). The SMILES string of the molecule is FC(F)(F)c1ccc([C@@H]2CC(Oc3cccnc3)=NO2)cc1.FC(F)(F)c1ccc([C@H]2CC(Oc3cccnc3)=NO2)cc1.O=C=O.O=C=O. The Morgan fingerprint density at radius 2 is 0.920 bits per heavy atom. The zero-order valence-electron chi connectivity index (χ0n) is 25.1. The van der Waals surface area contributed by atoms with E-state index in [9.17, 15) is 26.3 Å². The van der Waals surface area contributed by atoms with E-state index in [2.05, 4.69) is 20.3 Å². The number of hydrogen-bond donors (Lipinski definition) is 0. The third-order valence-corrected chi connectivity index (χ3v) is 6.24. The van der Waals surface area contributed by atoms with E-state index in [1.165, 1.54) is 36.7 Å². The second-order valence-electron chi connectivity index (χ2n) is 9.55. The number of oxime groups is 2. The number of halogens is 6. The van der Waals surface area contributed by atoms with E-state index >= 15 is 0 Å². The maximum atomic E-state index is 12.5. The number of alkyl halides is 6. The minimum absolute atomic E-state index is 0.250. The molecule has 4 aromatic rings. The number of carbonyl (C=O) groups excluding carboxylic acids is 4. The van der Waals surface area contributed by atoms with Crippen LogP contribution in [0.15, 0.2) is 108 Å². The van der Waals surface area contributed by atoms with Gasteiger partial charge in [-0.1, -0.05) is 34.6 Å². The smallest absolute Gasteiger partial charge is 0.416 e. The van der Waals surface area contributed by atoms with Gasteiger partial charge in [-0.3, -0.25) is 9.97 Å². The molecule has 0 amide bonds. The summed E-state index contributed by atoms with van der Waals surface area (Å²) in [6, 6.07) is 16.5. The van der Waals surface area contributed by atoms with Crippen LogP contribution in [0.5, 0.6) is 11.5 Å². The molecule has 2 aliphatic rings. The summed E-state index contributed by atoms with van der Waals surface area (Å²) in [5.74, 6) is 1.77. The largest absolute Gasteiger partial charge is 0.438 e. The van der Waals surface area contributed by atoms with E-state index in [0.717, 1.165) is 24.3 Å². The molecule has 2 aromatic carbocycles. The summed E-state index contributed by atoms with van der Waals surface area (Å²) in [5, 5.41) is 7.61. The Morgan fingerprint density at radius 1 is 0.580 bits per heavy atom. The normalized spacial score (nSPS) is 16.0. The fourth-order valence-electron chi connectivity index (χ4n) is 4.05. The third kappa shape index (κ3) is 12.0. The first-order valence-electron chi connectivity index (χ1n) is 13.8. The Hall–Kier alpha value is -6.38. The van der Waals surface area contributed by atoms with Gasteiger partial charge in [0.05, 0.1) is 36.4 Å². The van der Waals surface area contributed by atoms with Crippen LogP contribution >= 0.6 is 0 Å². The molecule has 0 radical (unpaired) electrons. The van der Waals surface area contributed by atoms with Crippen molar-refractivity contribution >= 4 is 24.1 Å². The zero-order chi connectivity index (χ0) is 36.6. The van der Waals surface area contributed by atoms with Gasteiger partial charge in [0.2, 0.25) is 11.8 Å². The van der Waals surface area contributed by atoms with Gasteiger partial charge in [-0.15, -0.1) is 0 Å². The van der Waals surface area contributed by atoms with Crippen molar-refractivity contribution in [2.75, 3.05) is 0 Å². The Kier molecular flexibility index (Phi) is 13.9. The van der Waals surface area contributed by atoms with Gasteiger partial charge in [-0.05, 0) is 59.7 Å². The lowest BCUT2D eigenvalue weighted by Gasteiger charge is -2.10. The minimum atomic E-state index is -4.35. The van der Waals surface area contributed by atoms with Crippen molar-refractivity contribution in [1.29, 1.82) is 0 Å². The van der Waals surface area contributed by atoms with Crippen molar-refractivity contribution in [3.8, 4) is 11.5 Å². The highest BCUT2D eigenvalue weighted by atomic mass is 19.4. The number of rotatable bonds is 4. The van der Waals surface area contributed by atoms with Crippen molar-refractivity contribution in [1.82, 2.24) is 9.97 Å². The van der Waals surface area contributed by atoms with Gasteiger partial charge in [-0.25, -0.2) is 0 Å². The van der Waals surface area contributed by atoms with Gasteiger partial charge in [-0.2, -0.15) is 45.5 Å². The highest BCUT2D eigenvalue weighted by Crippen LogP contribution is 2.34. The van der Waals surface area contributed by atoms with E-state index in [4.69, 9.17) is 38.3 Å². The van der Waals surface area contributed by atoms with E-state index in [1.54, 1.807) is 36.7 Å². The lowest BCUT2D eigenvalue weighted by Crippen LogP contribution is -2.08. The van der Waals surface area contributed by atoms with Crippen molar-refractivity contribution in [3.05, 3.63) is 120 Å². The number of benzene rings is 2. The lowest BCUT2D eigenvalue weighted by atomic mass is 10.0. The first-order valence-corrected chi connectivity index (χ1v) is 13.8. The minimum Gasteiger partial charge on any atom is -0.438 e. The van der Waals surface area contributed by atoms with Gasteiger partial charge < -0.3 is 19.1 Å². The molecular weight excluding hydrogens is 682 g/mol. The standard InChI is InChI=1S/2C15H11F3N2O2.2CO2/c2*16-15(17,18)11-5-3-10(4-6-11)13-8-14(20-22-13)21-12-2-1-7-19-9-12;2*2-1-3/h2*1-7,9,13H,8H2;;/t2*13-;;/m10../s1. The molecule has 260 valence electrons. The zero-order valence-corrected chi connectivity index (χ0v) is 25.1. The predicted molar refractivity (Wildman–Crippen MR) is 154 cm³/mol. The molecule has 0 fully saturated rings. The van der Waals surface area contributed by atoms with E-state index in [0.29, 0.717) is 47.3 Å². The molecule has 0 spiro atoms. The third-order valence-electron chi connectivity index (χ3n) is 6.24. The molecular formula is C32H22F6N4O8. The quantitative estimate of drug-likeness (QED) is 0.209. The summed E-state index contributed by atoms with van der Waals surface area (Å²) in [6.45, 7) is 0. The molecule has 0 saturated heterocycles. The molecule has 18 heteroatoms. The first-order chi connectivity index (χ1) is 23.9. The van der Waals surface area contributed by atoms with Crippen LogP contribution in [0.2, 0.25) is 0 Å². The van der Waals surface area contributed by atoms with Gasteiger partial charge >= 0.3 is 24.7 Å². The Bertz CT molecular complexity index is 1640. The first kappa shape index (κ1) is 38.1. The Balaban J connectivity index is 0.000000234. The van der Waals surface area contributed by atoms with Crippen molar-refractivity contribution in [3.63, 3.8) is 0 Å². The fourth-order valence-corrected chi connectivity index (χ4v) is 4.05. The van der Waals surface area contributed by atoms with Gasteiger partial charge in [0.15, 0.2) is 12.2 Å². The monoisotopic (exact) mass is 704 g/mol. The van der Waals surface area contributed by atoms with E-state index in [-0.39, 0.29) is 12.3 Å². The molecule has 0 aliphatic carbocycles. The summed E-state index contributed by atoms with van der Waals surface area (Å²) >= 11 is 0. The summed E-state index contributed by atoms with van der Waals surface area (Å²) in [6.07, 6.45) is -2.10. The Morgan fingerprint density at radius 3 is 1.20 bits per heavy atom. The van der Waals surface area contributed by atoms with Crippen molar-refractivity contribution in [2.45, 2.75) is 37.4 Å². The van der Waals surface area contributed by atoms with Crippen LogP contribution < -0.4 is 9.47 Å². The average Bonchev–Trinajstić information content (AvgIpc) is 3.76. The van der Waals surface area contributed by atoms with Crippen LogP contribution in [0.3, 0.4) is 0 Å². The second kappa shape index (κ2) is 18.2. The second-order valence-corrected chi connectivity index (χ2v) is 9.55. The Labute approximate surface area is 277 Å². The molecule has 12 nitrogen and oxygen atoms in total. The molecule has 2 atom stereocenters. The van der Waals surface area contributed by atoms with Crippen LogP contribution in [0.4, 0.5) is 26.3 Å². The number of aromatic nitrogens is 2. The van der Waals surface area contributed by atoms with Crippen LogP contribution in [-0.2, 0) is 41.2 Å². The maximum Gasteiger partial charge on any atom is 0.416 e. The van der Waals surface area contributed by atoms with Gasteiger partial charge in [0, 0.05) is 12.4 Å². The molecule has 50 heavy (non-hydrogen) atoms. The summed E-state index contributed by atoms with van der Waals surface area (Å²) < 4.78 is 86.1. The number of nitrogens with zero attached hydrogens (tertiary/aromatic N) is 4. The molecule has 2 aromatic heterocycles. The fraction of sp³-hybridized carbons (Fsp3) is 0.188. The lowest BCUT2D eigenvalue weighted by molar-refractivity contribution is -0.193. The molecule has 0 N–H and O–H groups in total. The highest BCUT2D eigenvalue weighted by Gasteiger charge is 2.32. The molecule has 0 saturated carbocycles. The molecule has 4 heterocycles. The number of ether oxygens (including phenoxy) is 2. The summed E-state index contributed by atoms with van der Waals surface area (Å²) in [4.78, 5) is 50.7. The summed E-state index contributed by atoms with van der Waals surface area (Å²) in [5.41, 5.74) is -0.160. The molecule has 2 aliphatic heterocycles. The molecule has 0 bridgehead atoms. The maximum absolute atomic E-state index is 12.5. The van der Waals surface area contributed by atoms with Crippen LogP contribution in [0.1, 0.15) is 47.3 Å². The number of pyridine rings is 2.